The van der Waals surface area contributed by atoms with E-state index in [1.807, 2.05) is 48.5 Å². The molecule has 1 aliphatic rings. The first-order valence-corrected chi connectivity index (χ1v) is 9.51. The van der Waals surface area contributed by atoms with Gasteiger partial charge in [-0.2, -0.15) is 0 Å². The van der Waals surface area contributed by atoms with Gasteiger partial charge in [0, 0.05) is 13.2 Å². The predicted molar refractivity (Wildman–Crippen MR) is 109 cm³/mol. The third-order valence-electron chi connectivity index (χ3n) is 5.06. The molecule has 0 unspecified atom stereocenters. The van der Waals surface area contributed by atoms with Crippen molar-refractivity contribution in [3.63, 3.8) is 0 Å². The van der Waals surface area contributed by atoms with Crippen molar-refractivity contribution in [3.05, 3.63) is 95.1 Å². The van der Waals surface area contributed by atoms with Crippen molar-refractivity contribution in [2.24, 2.45) is 0 Å². The maximum Gasteiger partial charge on any atom is 0.410 e. The van der Waals surface area contributed by atoms with E-state index >= 15 is 0 Å². The molecule has 0 aliphatic carbocycles. The molecule has 4 rings (SSSR count). The summed E-state index contributed by atoms with van der Waals surface area (Å²) in [6.07, 6.45) is 0.300. The number of carbonyl (C=O) groups excluding carboxylic acids is 1. The van der Waals surface area contributed by atoms with Gasteiger partial charge >= 0.3 is 6.09 Å². The van der Waals surface area contributed by atoms with Crippen LogP contribution in [0.5, 0.6) is 0 Å². The average Bonchev–Trinajstić information content (AvgIpc) is 3.17. The molecular weight excluding hydrogens is 350 g/mol. The van der Waals surface area contributed by atoms with E-state index in [-0.39, 0.29) is 19.3 Å². The van der Waals surface area contributed by atoms with E-state index in [1.165, 1.54) is 0 Å². The molecule has 0 fully saturated rings. The highest BCUT2D eigenvalue weighted by Gasteiger charge is 2.27. The van der Waals surface area contributed by atoms with E-state index < -0.39 is 0 Å². The van der Waals surface area contributed by atoms with E-state index in [4.69, 9.17) is 4.74 Å². The summed E-state index contributed by atoms with van der Waals surface area (Å²) in [5, 5.41) is 9.36. The lowest BCUT2D eigenvalue weighted by molar-refractivity contribution is 0.0955. The summed E-state index contributed by atoms with van der Waals surface area (Å²) in [6.45, 7) is 1.44. The Morgan fingerprint density at radius 3 is 2.36 bits per heavy atom. The summed E-state index contributed by atoms with van der Waals surface area (Å²) in [4.78, 5) is 14.3. The molecule has 3 aromatic carbocycles. The third kappa shape index (κ3) is 3.92. The maximum absolute atomic E-state index is 12.6. The highest BCUT2D eigenvalue weighted by Crippen LogP contribution is 2.34. The normalized spacial score (nSPS) is 12.7. The van der Waals surface area contributed by atoms with Crippen LogP contribution in [0.1, 0.15) is 22.3 Å². The largest absolute Gasteiger partial charge is 0.445 e. The first-order valence-electron chi connectivity index (χ1n) is 9.51. The topological polar surface area (TPSA) is 49.8 Å². The van der Waals surface area contributed by atoms with Gasteiger partial charge in [0.15, 0.2) is 0 Å². The second kappa shape index (κ2) is 8.28. The molecule has 0 aromatic heterocycles. The standard InChI is InChI=1S/C24H23NO3/c26-12-11-19-13-21-15-25(24(27)28-17-18-7-3-1-4-8-18)16-23(21)22(14-19)20-9-5-2-6-10-20/h1-10,13-14,26H,11-12,15-17H2. The van der Waals surface area contributed by atoms with Crippen molar-refractivity contribution in [1.29, 1.82) is 0 Å². The molecule has 1 amide bonds. The number of fused-ring (bicyclic) bond motifs is 1. The van der Waals surface area contributed by atoms with Crippen LogP contribution < -0.4 is 0 Å². The van der Waals surface area contributed by atoms with Gasteiger partial charge in [-0.25, -0.2) is 4.79 Å². The summed E-state index contributed by atoms with van der Waals surface area (Å²) in [5.41, 5.74) is 6.59. The molecule has 28 heavy (non-hydrogen) atoms. The van der Waals surface area contributed by atoms with Gasteiger partial charge in [0.2, 0.25) is 0 Å². The average molecular weight is 373 g/mol. The fourth-order valence-electron chi connectivity index (χ4n) is 3.67. The summed E-state index contributed by atoms with van der Waals surface area (Å²) >= 11 is 0. The van der Waals surface area contributed by atoms with Gasteiger partial charge in [0.25, 0.3) is 0 Å². The van der Waals surface area contributed by atoms with E-state index in [1.54, 1.807) is 4.90 Å². The summed E-state index contributed by atoms with van der Waals surface area (Å²) in [6, 6.07) is 24.1. The van der Waals surface area contributed by atoms with E-state index in [9.17, 15) is 9.90 Å². The van der Waals surface area contributed by atoms with Crippen LogP contribution in [0.4, 0.5) is 4.79 Å². The Balaban J connectivity index is 1.55. The van der Waals surface area contributed by atoms with Crippen LogP contribution >= 0.6 is 0 Å². The van der Waals surface area contributed by atoms with Crippen LogP contribution in [0.3, 0.4) is 0 Å². The number of rotatable bonds is 5. The monoisotopic (exact) mass is 373 g/mol. The number of nitrogens with zero attached hydrogens (tertiary/aromatic N) is 1. The van der Waals surface area contributed by atoms with Crippen LogP contribution in [-0.4, -0.2) is 22.7 Å². The third-order valence-corrected chi connectivity index (χ3v) is 5.06. The van der Waals surface area contributed by atoms with Gasteiger partial charge in [0.1, 0.15) is 6.61 Å². The van der Waals surface area contributed by atoms with Gasteiger partial charge in [0.05, 0.1) is 6.54 Å². The Hall–Kier alpha value is -3.11. The molecule has 0 spiro atoms. The minimum absolute atomic E-state index is 0.107. The number of hydrogen-bond acceptors (Lipinski definition) is 3. The molecule has 142 valence electrons. The van der Waals surface area contributed by atoms with Crippen molar-refractivity contribution in [2.45, 2.75) is 26.1 Å². The number of amides is 1. The molecular formula is C24H23NO3. The zero-order chi connectivity index (χ0) is 19.3. The number of aliphatic hydroxyl groups excluding tert-OH is 1. The van der Waals surface area contributed by atoms with Crippen LogP contribution in [0, 0.1) is 0 Å². The second-order valence-electron chi connectivity index (χ2n) is 7.02. The maximum atomic E-state index is 12.6. The van der Waals surface area contributed by atoms with Crippen molar-refractivity contribution in [2.75, 3.05) is 6.61 Å². The van der Waals surface area contributed by atoms with Crippen LogP contribution in [0.25, 0.3) is 11.1 Å². The fraction of sp³-hybridized carbons (Fsp3) is 0.208. The Bertz CT molecular complexity index is 954. The minimum atomic E-state index is -0.303. The molecule has 1 heterocycles. The minimum Gasteiger partial charge on any atom is -0.445 e. The number of hydrogen-bond donors (Lipinski definition) is 1. The van der Waals surface area contributed by atoms with Gasteiger partial charge in [-0.15, -0.1) is 0 Å². The Morgan fingerprint density at radius 1 is 0.929 bits per heavy atom. The number of aliphatic hydroxyl groups is 1. The summed E-state index contributed by atoms with van der Waals surface area (Å²) in [7, 11) is 0. The van der Waals surface area contributed by atoms with Crippen LogP contribution in [-0.2, 0) is 30.9 Å². The van der Waals surface area contributed by atoms with Gasteiger partial charge in [-0.05, 0) is 39.8 Å². The summed E-state index contributed by atoms with van der Waals surface area (Å²) in [5.74, 6) is 0. The first kappa shape index (κ1) is 18.3. The Labute approximate surface area is 165 Å². The molecule has 0 radical (unpaired) electrons. The Kier molecular flexibility index (Phi) is 5.40. The quantitative estimate of drug-likeness (QED) is 0.714. The predicted octanol–water partition coefficient (Wildman–Crippen LogP) is 4.54. The van der Waals surface area contributed by atoms with Crippen molar-refractivity contribution in [3.8, 4) is 11.1 Å². The lowest BCUT2D eigenvalue weighted by Crippen LogP contribution is -2.26. The molecule has 0 bridgehead atoms. The van der Waals surface area contributed by atoms with Crippen LogP contribution in [0.2, 0.25) is 0 Å². The van der Waals surface area contributed by atoms with Crippen molar-refractivity contribution in [1.82, 2.24) is 4.90 Å². The molecule has 0 atom stereocenters. The van der Waals surface area contributed by atoms with E-state index in [0.29, 0.717) is 19.5 Å². The molecule has 4 heteroatoms. The van der Waals surface area contributed by atoms with Gasteiger partial charge < -0.3 is 9.84 Å². The lowest BCUT2D eigenvalue weighted by atomic mass is 9.93. The van der Waals surface area contributed by atoms with Crippen molar-refractivity contribution < 1.29 is 14.6 Å². The van der Waals surface area contributed by atoms with E-state index in [0.717, 1.165) is 33.4 Å². The molecule has 1 N–H and O–H groups in total. The first-order chi connectivity index (χ1) is 13.7. The lowest BCUT2D eigenvalue weighted by Gasteiger charge is -2.15. The molecule has 4 nitrogen and oxygen atoms in total. The van der Waals surface area contributed by atoms with Gasteiger partial charge in [-0.3, -0.25) is 4.90 Å². The highest BCUT2D eigenvalue weighted by molar-refractivity contribution is 5.74. The van der Waals surface area contributed by atoms with Crippen LogP contribution in [0.15, 0.2) is 72.8 Å². The van der Waals surface area contributed by atoms with E-state index in [2.05, 4.69) is 24.3 Å². The SMILES string of the molecule is O=C(OCc1ccccc1)N1Cc2cc(CCO)cc(-c3ccccc3)c2C1. The molecule has 0 saturated carbocycles. The van der Waals surface area contributed by atoms with Crippen molar-refractivity contribution >= 4 is 6.09 Å². The highest BCUT2D eigenvalue weighted by atomic mass is 16.6. The number of benzene rings is 3. The zero-order valence-corrected chi connectivity index (χ0v) is 15.7. The number of carbonyl (C=O) groups is 1. The summed E-state index contributed by atoms with van der Waals surface area (Å²) < 4.78 is 5.51. The molecule has 3 aromatic rings. The molecule has 1 aliphatic heterocycles. The zero-order valence-electron chi connectivity index (χ0n) is 15.7. The fourth-order valence-corrected chi connectivity index (χ4v) is 3.67. The molecule has 0 saturated heterocycles. The Morgan fingerprint density at radius 2 is 1.64 bits per heavy atom. The number of ether oxygens (including phenoxy) is 1. The van der Waals surface area contributed by atoms with Gasteiger partial charge in [-0.1, -0.05) is 72.8 Å². The second-order valence-corrected chi connectivity index (χ2v) is 7.02. The smallest absolute Gasteiger partial charge is 0.410 e.